The fourth-order valence-corrected chi connectivity index (χ4v) is 1.53. The van der Waals surface area contributed by atoms with Crippen LogP contribution >= 0.6 is 23.2 Å². The lowest BCUT2D eigenvalue weighted by molar-refractivity contribution is -0.237. The highest BCUT2D eigenvalue weighted by Crippen LogP contribution is 2.35. The van der Waals surface area contributed by atoms with Crippen molar-refractivity contribution < 1.29 is 18.3 Å². The third kappa shape index (κ3) is 3.87. The first kappa shape index (κ1) is 15.8. The van der Waals surface area contributed by atoms with Crippen molar-refractivity contribution in [2.24, 2.45) is 0 Å². The summed E-state index contributed by atoms with van der Waals surface area (Å²) in [7, 11) is 0. The van der Waals surface area contributed by atoms with Gasteiger partial charge in [0.2, 0.25) is 0 Å². The van der Waals surface area contributed by atoms with Crippen LogP contribution in [0.2, 0.25) is 10.0 Å². The first-order valence-corrected chi connectivity index (χ1v) is 5.75. The standard InChI is InChI=1S/C12H8Cl2F3NO/c13-9-2-1-8(7-10(9)14)3-4-11(19,5-6-18)12(15,16)17/h1-4,7,19H,5H2/b4-3+. The summed E-state index contributed by atoms with van der Waals surface area (Å²) < 4.78 is 37.9. The van der Waals surface area contributed by atoms with Crippen LogP contribution in [0.5, 0.6) is 0 Å². The van der Waals surface area contributed by atoms with Crippen molar-refractivity contribution in [3.63, 3.8) is 0 Å². The highest BCUT2D eigenvalue weighted by molar-refractivity contribution is 6.42. The number of rotatable bonds is 3. The van der Waals surface area contributed by atoms with Crippen molar-refractivity contribution >= 4 is 29.3 Å². The van der Waals surface area contributed by atoms with E-state index in [-0.39, 0.29) is 10.0 Å². The van der Waals surface area contributed by atoms with Gasteiger partial charge in [0, 0.05) is 0 Å². The van der Waals surface area contributed by atoms with E-state index in [1.165, 1.54) is 24.3 Å². The van der Waals surface area contributed by atoms with E-state index in [4.69, 9.17) is 28.5 Å². The molecule has 0 saturated carbocycles. The molecule has 1 rings (SSSR count). The number of nitriles is 1. The first-order chi connectivity index (χ1) is 8.69. The van der Waals surface area contributed by atoms with Gasteiger partial charge in [-0.05, 0) is 23.8 Å². The zero-order valence-corrected chi connectivity index (χ0v) is 10.9. The van der Waals surface area contributed by atoms with E-state index >= 15 is 0 Å². The van der Waals surface area contributed by atoms with Gasteiger partial charge in [0.05, 0.1) is 22.5 Å². The van der Waals surface area contributed by atoms with Gasteiger partial charge in [-0.15, -0.1) is 0 Å². The molecule has 0 amide bonds. The lowest BCUT2D eigenvalue weighted by atomic mass is 9.98. The molecular formula is C12H8Cl2F3NO. The normalized spacial score (nSPS) is 15.2. The molecular weight excluding hydrogens is 302 g/mol. The molecule has 1 atom stereocenters. The van der Waals surface area contributed by atoms with Crippen LogP contribution in [0.15, 0.2) is 24.3 Å². The van der Waals surface area contributed by atoms with Crippen molar-refractivity contribution in [1.29, 1.82) is 5.26 Å². The first-order valence-electron chi connectivity index (χ1n) is 5.00. The molecule has 0 bridgehead atoms. The predicted molar refractivity (Wildman–Crippen MR) is 66.7 cm³/mol. The van der Waals surface area contributed by atoms with E-state index in [0.717, 1.165) is 6.08 Å². The largest absolute Gasteiger partial charge is 0.421 e. The molecule has 0 aromatic heterocycles. The van der Waals surface area contributed by atoms with Crippen LogP contribution in [0.1, 0.15) is 12.0 Å². The van der Waals surface area contributed by atoms with Crippen LogP contribution in [-0.2, 0) is 0 Å². The molecule has 0 aliphatic carbocycles. The average molecular weight is 310 g/mol. The molecule has 0 fully saturated rings. The second kappa shape index (κ2) is 5.83. The summed E-state index contributed by atoms with van der Waals surface area (Å²) in [4.78, 5) is 0. The SMILES string of the molecule is N#CCC(O)(/C=C/c1ccc(Cl)c(Cl)c1)C(F)(F)F. The van der Waals surface area contributed by atoms with Gasteiger partial charge in [0.25, 0.3) is 0 Å². The van der Waals surface area contributed by atoms with Crippen LogP contribution in [-0.4, -0.2) is 16.9 Å². The van der Waals surface area contributed by atoms with Crippen molar-refractivity contribution in [1.82, 2.24) is 0 Å². The molecule has 1 aromatic carbocycles. The monoisotopic (exact) mass is 309 g/mol. The molecule has 0 aliphatic heterocycles. The summed E-state index contributed by atoms with van der Waals surface area (Å²) in [6.07, 6.45) is -4.47. The van der Waals surface area contributed by atoms with Crippen LogP contribution in [0.25, 0.3) is 6.08 Å². The summed E-state index contributed by atoms with van der Waals surface area (Å²) >= 11 is 11.4. The molecule has 1 N–H and O–H groups in total. The topological polar surface area (TPSA) is 44.0 Å². The Morgan fingerprint density at radius 1 is 1.26 bits per heavy atom. The van der Waals surface area contributed by atoms with E-state index in [1.807, 2.05) is 0 Å². The van der Waals surface area contributed by atoms with Crippen LogP contribution in [0.4, 0.5) is 13.2 Å². The molecule has 2 nitrogen and oxygen atoms in total. The number of hydrogen-bond donors (Lipinski definition) is 1. The minimum absolute atomic E-state index is 0.180. The van der Waals surface area contributed by atoms with Gasteiger partial charge in [-0.25, -0.2) is 0 Å². The molecule has 0 heterocycles. The van der Waals surface area contributed by atoms with Gasteiger partial charge in [-0.2, -0.15) is 18.4 Å². The lowest BCUT2D eigenvalue weighted by Crippen LogP contribution is -2.42. The fourth-order valence-electron chi connectivity index (χ4n) is 1.22. The zero-order valence-electron chi connectivity index (χ0n) is 9.38. The minimum atomic E-state index is -4.94. The summed E-state index contributed by atoms with van der Waals surface area (Å²) in [5.74, 6) is 0. The number of alkyl halides is 3. The number of aliphatic hydroxyl groups is 1. The molecule has 7 heteroatoms. The van der Waals surface area contributed by atoms with E-state index in [2.05, 4.69) is 0 Å². The van der Waals surface area contributed by atoms with E-state index in [0.29, 0.717) is 11.6 Å². The maximum Gasteiger partial charge on any atom is 0.421 e. The van der Waals surface area contributed by atoms with Crippen molar-refractivity contribution in [2.75, 3.05) is 0 Å². The van der Waals surface area contributed by atoms with Crippen LogP contribution < -0.4 is 0 Å². The van der Waals surface area contributed by atoms with E-state index in [9.17, 15) is 18.3 Å². The number of halogens is 5. The molecule has 0 radical (unpaired) electrons. The zero-order chi connectivity index (χ0) is 14.7. The molecule has 0 aliphatic rings. The second-order valence-corrected chi connectivity index (χ2v) is 4.58. The Labute approximate surface area is 117 Å². The molecule has 1 aromatic rings. The van der Waals surface area contributed by atoms with Gasteiger partial charge in [0.1, 0.15) is 0 Å². The Morgan fingerprint density at radius 3 is 2.37 bits per heavy atom. The highest BCUT2D eigenvalue weighted by Gasteiger charge is 2.51. The Bertz CT molecular complexity index is 537. The van der Waals surface area contributed by atoms with E-state index < -0.39 is 18.2 Å². The highest BCUT2D eigenvalue weighted by atomic mass is 35.5. The summed E-state index contributed by atoms with van der Waals surface area (Å²) in [5.41, 5.74) is -2.86. The third-order valence-corrected chi connectivity index (χ3v) is 3.07. The van der Waals surface area contributed by atoms with Gasteiger partial charge < -0.3 is 5.11 Å². The summed E-state index contributed by atoms with van der Waals surface area (Å²) in [6, 6.07) is 5.51. The Balaban J connectivity index is 3.06. The Morgan fingerprint density at radius 2 is 1.89 bits per heavy atom. The average Bonchev–Trinajstić information content (AvgIpc) is 2.30. The van der Waals surface area contributed by atoms with Gasteiger partial charge >= 0.3 is 6.18 Å². The minimum Gasteiger partial charge on any atom is -0.376 e. The molecule has 0 saturated heterocycles. The molecule has 1 unspecified atom stereocenters. The Kier molecular flexibility index (Phi) is 4.86. The van der Waals surface area contributed by atoms with Crippen molar-refractivity contribution in [3.8, 4) is 6.07 Å². The maximum atomic E-state index is 12.6. The van der Waals surface area contributed by atoms with Crippen molar-refractivity contribution in [3.05, 3.63) is 39.9 Å². The van der Waals surface area contributed by atoms with Gasteiger partial charge in [-0.3, -0.25) is 0 Å². The fraction of sp³-hybridized carbons (Fsp3) is 0.250. The lowest BCUT2D eigenvalue weighted by Gasteiger charge is -2.24. The predicted octanol–water partition coefficient (Wildman–Crippen LogP) is 4.21. The van der Waals surface area contributed by atoms with Crippen LogP contribution in [0.3, 0.4) is 0 Å². The molecule has 0 spiro atoms. The quantitative estimate of drug-likeness (QED) is 0.908. The molecule has 102 valence electrons. The van der Waals surface area contributed by atoms with Crippen molar-refractivity contribution in [2.45, 2.75) is 18.2 Å². The molecule has 19 heavy (non-hydrogen) atoms. The van der Waals surface area contributed by atoms with E-state index in [1.54, 1.807) is 0 Å². The number of nitrogens with zero attached hydrogens (tertiary/aromatic N) is 1. The number of hydrogen-bond acceptors (Lipinski definition) is 2. The maximum absolute atomic E-state index is 12.6. The summed E-state index contributed by atoms with van der Waals surface area (Å²) in [5, 5.41) is 18.2. The smallest absolute Gasteiger partial charge is 0.376 e. The third-order valence-electron chi connectivity index (χ3n) is 2.33. The van der Waals surface area contributed by atoms with Gasteiger partial charge in [0.15, 0.2) is 5.60 Å². The van der Waals surface area contributed by atoms with Gasteiger partial charge in [-0.1, -0.05) is 35.3 Å². The van der Waals surface area contributed by atoms with Crippen LogP contribution in [0, 0.1) is 11.3 Å². The second-order valence-electron chi connectivity index (χ2n) is 3.76. The number of benzene rings is 1. The summed E-state index contributed by atoms with van der Waals surface area (Å²) in [6.45, 7) is 0. The Hall–Kier alpha value is -1.22.